The summed E-state index contributed by atoms with van der Waals surface area (Å²) in [4.78, 5) is 10.7. The summed E-state index contributed by atoms with van der Waals surface area (Å²) in [7, 11) is 0. The van der Waals surface area contributed by atoms with E-state index in [0.29, 0.717) is 0 Å². The topological polar surface area (TPSA) is 37.3 Å². The van der Waals surface area contributed by atoms with Crippen LogP contribution >= 0.6 is 0 Å². The minimum absolute atomic E-state index is 0.0245. The Bertz CT molecular complexity index is 490. The van der Waals surface area contributed by atoms with Crippen LogP contribution in [0.1, 0.15) is 17.0 Å². The maximum Gasteiger partial charge on any atom is 0.328 e. The van der Waals surface area contributed by atoms with E-state index in [-0.39, 0.29) is 5.92 Å². The van der Waals surface area contributed by atoms with Crippen molar-refractivity contribution in [1.29, 1.82) is 0 Å². The summed E-state index contributed by atoms with van der Waals surface area (Å²) >= 11 is 0. The molecule has 0 radical (unpaired) electrons. The van der Waals surface area contributed by atoms with E-state index in [9.17, 15) is 4.79 Å². The Kier molecular flexibility index (Phi) is 3.92. The maximum atomic E-state index is 10.7. The van der Waals surface area contributed by atoms with E-state index in [4.69, 9.17) is 5.11 Å². The minimum Gasteiger partial charge on any atom is -0.478 e. The molecule has 0 heterocycles. The number of hydrogen-bond acceptors (Lipinski definition) is 1. The summed E-state index contributed by atoms with van der Waals surface area (Å²) < 4.78 is 0. The van der Waals surface area contributed by atoms with Gasteiger partial charge in [-0.3, -0.25) is 0 Å². The van der Waals surface area contributed by atoms with Crippen LogP contribution in [0.25, 0.3) is 0 Å². The summed E-state index contributed by atoms with van der Waals surface area (Å²) in [6.07, 6.45) is 2.91. The molecule has 0 fully saturated rings. The average Bonchev–Trinajstić information content (AvgIpc) is 2.41. The molecule has 0 amide bonds. The Morgan fingerprint density at radius 2 is 1.33 bits per heavy atom. The summed E-state index contributed by atoms with van der Waals surface area (Å²) in [5.74, 6) is -0.949. The van der Waals surface area contributed by atoms with Gasteiger partial charge in [0.05, 0.1) is 0 Å². The van der Waals surface area contributed by atoms with Gasteiger partial charge >= 0.3 is 5.97 Å². The van der Waals surface area contributed by atoms with E-state index < -0.39 is 5.97 Å². The van der Waals surface area contributed by atoms with Crippen LogP contribution in [0.2, 0.25) is 0 Å². The van der Waals surface area contributed by atoms with Crippen molar-refractivity contribution in [2.24, 2.45) is 0 Å². The highest BCUT2D eigenvalue weighted by Crippen LogP contribution is 2.25. The SMILES string of the molecule is O=C(O)/C=C/C(c1ccccc1)c1ccccc1. The van der Waals surface area contributed by atoms with E-state index in [0.717, 1.165) is 11.1 Å². The lowest BCUT2D eigenvalue weighted by Gasteiger charge is -2.13. The molecule has 0 aliphatic carbocycles. The van der Waals surface area contributed by atoms with Crippen LogP contribution in [-0.4, -0.2) is 11.1 Å². The van der Waals surface area contributed by atoms with Crippen molar-refractivity contribution in [1.82, 2.24) is 0 Å². The molecule has 0 spiro atoms. The molecule has 0 atom stereocenters. The van der Waals surface area contributed by atoms with E-state index in [2.05, 4.69) is 0 Å². The fourth-order valence-corrected chi connectivity index (χ4v) is 1.91. The van der Waals surface area contributed by atoms with Crippen molar-refractivity contribution >= 4 is 5.97 Å². The third-order valence-corrected chi connectivity index (χ3v) is 2.75. The zero-order valence-corrected chi connectivity index (χ0v) is 9.86. The number of aliphatic carboxylic acids is 1. The van der Waals surface area contributed by atoms with Gasteiger partial charge in [-0.05, 0) is 11.1 Å². The first-order valence-electron chi connectivity index (χ1n) is 5.78. The molecule has 2 heteroatoms. The zero-order chi connectivity index (χ0) is 12.8. The summed E-state index contributed by atoms with van der Waals surface area (Å²) in [5, 5.41) is 8.77. The van der Waals surface area contributed by atoms with Crippen LogP contribution in [0.15, 0.2) is 72.8 Å². The number of carbonyl (C=O) groups is 1. The van der Waals surface area contributed by atoms with Gasteiger partial charge in [-0.25, -0.2) is 4.79 Å². The normalized spacial score (nSPS) is 10.9. The van der Waals surface area contributed by atoms with Crippen LogP contribution in [-0.2, 0) is 4.79 Å². The van der Waals surface area contributed by atoms with Gasteiger partial charge in [-0.15, -0.1) is 0 Å². The summed E-state index contributed by atoms with van der Waals surface area (Å²) in [6.45, 7) is 0. The predicted molar refractivity (Wildman–Crippen MR) is 71.5 cm³/mol. The number of rotatable bonds is 4. The van der Waals surface area contributed by atoms with E-state index in [1.54, 1.807) is 6.08 Å². The lowest BCUT2D eigenvalue weighted by atomic mass is 9.91. The molecule has 2 aromatic rings. The first-order valence-corrected chi connectivity index (χ1v) is 5.78. The van der Waals surface area contributed by atoms with Crippen molar-refractivity contribution in [2.75, 3.05) is 0 Å². The monoisotopic (exact) mass is 238 g/mol. The van der Waals surface area contributed by atoms with Crippen LogP contribution in [0, 0.1) is 0 Å². The molecule has 0 saturated heterocycles. The lowest BCUT2D eigenvalue weighted by molar-refractivity contribution is -0.131. The molecular formula is C16H14O2. The Morgan fingerprint density at radius 3 is 1.72 bits per heavy atom. The molecule has 2 nitrogen and oxygen atoms in total. The molecule has 18 heavy (non-hydrogen) atoms. The molecule has 0 bridgehead atoms. The molecule has 0 unspecified atom stereocenters. The highest BCUT2D eigenvalue weighted by Gasteiger charge is 2.10. The van der Waals surface area contributed by atoms with Crippen molar-refractivity contribution in [3.63, 3.8) is 0 Å². The molecule has 1 N–H and O–H groups in total. The van der Waals surface area contributed by atoms with Gasteiger partial charge in [0.25, 0.3) is 0 Å². The molecule has 0 aliphatic heterocycles. The average molecular weight is 238 g/mol. The standard InChI is InChI=1S/C16H14O2/c17-16(18)12-11-15(13-7-3-1-4-8-13)14-9-5-2-6-10-14/h1-12,15H,(H,17,18)/b12-11+. The van der Waals surface area contributed by atoms with Crippen molar-refractivity contribution < 1.29 is 9.90 Å². The number of carboxylic acids is 1. The quantitative estimate of drug-likeness (QED) is 0.828. The van der Waals surface area contributed by atoms with E-state index >= 15 is 0 Å². The van der Waals surface area contributed by atoms with Gasteiger partial charge in [-0.1, -0.05) is 66.7 Å². The highest BCUT2D eigenvalue weighted by molar-refractivity contribution is 5.80. The third-order valence-electron chi connectivity index (χ3n) is 2.75. The van der Waals surface area contributed by atoms with Crippen molar-refractivity contribution in [3.8, 4) is 0 Å². The Labute approximate surface area is 106 Å². The van der Waals surface area contributed by atoms with Crippen LogP contribution in [0.5, 0.6) is 0 Å². The fourth-order valence-electron chi connectivity index (χ4n) is 1.91. The summed E-state index contributed by atoms with van der Waals surface area (Å²) in [5.41, 5.74) is 2.17. The highest BCUT2D eigenvalue weighted by atomic mass is 16.4. The van der Waals surface area contributed by atoms with E-state index in [1.165, 1.54) is 6.08 Å². The van der Waals surface area contributed by atoms with Crippen LogP contribution < -0.4 is 0 Å². The molecule has 2 rings (SSSR count). The Balaban J connectivity index is 2.38. The molecule has 90 valence electrons. The second-order valence-corrected chi connectivity index (χ2v) is 4.00. The maximum absolute atomic E-state index is 10.7. The summed E-state index contributed by atoms with van der Waals surface area (Å²) in [6, 6.07) is 19.7. The first kappa shape index (κ1) is 12.1. The van der Waals surface area contributed by atoms with E-state index in [1.807, 2.05) is 60.7 Å². The van der Waals surface area contributed by atoms with Crippen LogP contribution in [0.4, 0.5) is 0 Å². The van der Waals surface area contributed by atoms with Crippen LogP contribution in [0.3, 0.4) is 0 Å². The van der Waals surface area contributed by atoms with Crippen molar-refractivity contribution in [3.05, 3.63) is 83.9 Å². The van der Waals surface area contributed by atoms with Crippen molar-refractivity contribution in [2.45, 2.75) is 5.92 Å². The largest absolute Gasteiger partial charge is 0.478 e. The fraction of sp³-hybridized carbons (Fsp3) is 0.0625. The molecule has 0 saturated carbocycles. The lowest BCUT2D eigenvalue weighted by Crippen LogP contribution is -1.99. The number of carboxylic acid groups (broad SMARTS) is 1. The number of allylic oxidation sites excluding steroid dienone is 1. The smallest absolute Gasteiger partial charge is 0.328 e. The van der Waals surface area contributed by atoms with Gasteiger partial charge < -0.3 is 5.11 Å². The second-order valence-electron chi connectivity index (χ2n) is 4.00. The molecular weight excluding hydrogens is 224 g/mol. The first-order chi connectivity index (χ1) is 8.77. The van der Waals surface area contributed by atoms with Gasteiger partial charge in [0.15, 0.2) is 0 Å². The van der Waals surface area contributed by atoms with Gasteiger partial charge in [0.1, 0.15) is 0 Å². The third kappa shape index (κ3) is 3.08. The molecule has 0 aliphatic rings. The minimum atomic E-state index is -0.924. The van der Waals surface area contributed by atoms with Gasteiger partial charge in [-0.2, -0.15) is 0 Å². The Morgan fingerprint density at radius 1 is 0.889 bits per heavy atom. The predicted octanol–water partition coefficient (Wildman–Crippen LogP) is 3.46. The number of hydrogen-bond donors (Lipinski definition) is 1. The second kappa shape index (κ2) is 5.82. The van der Waals surface area contributed by atoms with Gasteiger partial charge in [0.2, 0.25) is 0 Å². The molecule has 2 aromatic carbocycles. The number of benzene rings is 2. The van der Waals surface area contributed by atoms with Gasteiger partial charge in [0, 0.05) is 12.0 Å². The molecule has 0 aromatic heterocycles. The zero-order valence-electron chi connectivity index (χ0n) is 9.86. The Hall–Kier alpha value is -2.35.